The van der Waals surface area contributed by atoms with E-state index in [0.717, 1.165) is 0 Å². The van der Waals surface area contributed by atoms with Gasteiger partial charge < -0.3 is 5.32 Å². The second-order valence-corrected chi connectivity index (χ2v) is 5.15. The Morgan fingerprint density at radius 3 is 2.44 bits per heavy atom. The summed E-state index contributed by atoms with van der Waals surface area (Å²) < 4.78 is 0. The number of aryl methyl sites for hydroxylation is 1. The lowest BCUT2D eigenvalue weighted by Gasteiger charge is -2.19. The van der Waals surface area contributed by atoms with Crippen LogP contribution in [0.5, 0.6) is 0 Å². The van der Waals surface area contributed by atoms with Crippen LogP contribution >= 0.6 is 0 Å². The van der Waals surface area contributed by atoms with Crippen molar-refractivity contribution in [2.24, 2.45) is 11.3 Å². The average Bonchev–Trinajstić information content (AvgIpc) is 2.23. The van der Waals surface area contributed by atoms with Gasteiger partial charge in [0.2, 0.25) is 11.8 Å². The van der Waals surface area contributed by atoms with E-state index in [2.05, 4.69) is 20.7 Å². The number of nitrogens with zero attached hydrogens (tertiary/aromatic N) is 3. The van der Waals surface area contributed by atoms with Crippen LogP contribution < -0.4 is 16.6 Å². The summed E-state index contributed by atoms with van der Waals surface area (Å²) in [5.74, 6) is 5.55. The first kappa shape index (κ1) is 14.1. The third-order valence-electron chi connectivity index (χ3n) is 2.16. The van der Waals surface area contributed by atoms with Gasteiger partial charge in [0.25, 0.3) is 0 Å². The number of anilines is 2. The molecule has 100 valence electrons. The Labute approximate surface area is 105 Å². The summed E-state index contributed by atoms with van der Waals surface area (Å²) in [7, 11) is 0. The van der Waals surface area contributed by atoms with Crippen molar-refractivity contribution in [2.75, 3.05) is 17.3 Å². The Morgan fingerprint density at radius 1 is 1.39 bits per heavy atom. The fourth-order valence-corrected chi connectivity index (χ4v) is 1.32. The van der Waals surface area contributed by atoms with E-state index in [1.165, 1.54) is 0 Å². The maximum absolute atomic E-state index is 11.0. The summed E-state index contributed by atoms with van der Waals surface area (Å²) in [5.41, 5.74) is 2.40. The fraction of sp³-hybridized carbons (Fsp3) is 0.600. The molecule has 0 atom stereocenters. The van der Waals surface area contributed by atoms with Crippen LogP contribution in [0.15, 0.2) is 0 Å². The Hall–Kier alpha value is -1.96. The van der Waals surface area contributed by atoms with E-state index >= 15 is 0 Å². The zero-order valence-corrected chi connectivity index (χ0v) is 10.9. The Morgan fingerprint density at radius 2 is 2.00 bits per heavy atom. The zero-order valence-electron chi connectivity index (χ0n) is 10.9. The molecule has 0 saturated carbocycles. The van der Waals surface area contributed by atoms with Crippen molar-refractivity contribution < 1.29 is 4.92 Å². The van der Waals surface area contributed by atoms with Gasteiger partial charge in [-0.25, -0.2) is 10.8 Å². The molecule has 0 spiro atoms. The molecule has 0 bridgehead atoms. The van der Waals surface area contributed by atoms with Gasteiger partial charge in [0.15, 0.2) is 0 Å². The Bertz CT molecular complexity index is 454. The van der Waals surface area contributed by atoms with Crippen LogP contribution in [0.1, 0.15) is 26.5 Å². The molecule has 8 nitrogen and oxygen atoms in total. The highest BCUT2D eigenvalue weighted by atomic mass is 16.6. The van der Waals surface area contributed by atoms with Gasteiger partial charge in [-0.1, -0.05) is 20.8 Å². The van der Waals surface area contributed by atoms with E-state index in [4.69, 9.17) is 5.84 Å². The van der Waals surface area contributed by atoms with Crippen LogP contribution in [0.2, 0.25) is 0 Å². The topological polar surface area (TPSA) is 119 Å². The van der Waals surface area contributed by atoms with Gasteiger partial charge in [-0.05, 0) is 12.3 Å². The molecule has 18 heavy (non-hydrogen) atoms. The smallest absolute Gasteiger partial charge is 0.332 e. The van der Waals surface area contributed by atoms with Crippen LogP contribution in [0.3, 0.4) is 0 Å². The summed E-state index contributed by atoms with van der Waals surface area (Å²) in [6.07, 6.45) is 0. The van der Waals surface area contributed by atoms with E-state index in [1.54, 1.807) is 6.92 Å². The van der Waals surface area contributed by atoms with Crippen molar-refractivity contribution in [1.82, 2.24) is 9.97 Å². The van der Waals surface area contributed by atoms with Gasteiger partial charge in [-0.15, -0.1) is 0 Å². The first-order chi connectivity index (χ1) is 8.24. The van der Waals surface area contributed by atoms with Gasteiger partial charge in [0.05, 0.1) is 4.92 Å². The number of nitrogens with two attached hydrogens (primary N) is 1. The van der Waals surface area contributed by atoms with Gasteiger partial charge >= 0.3 is 5.69 Å². The Balaban J connectivity index is 3.13. The third kappa shape index (κ3) is 3.52. The molecule has 0 aromatic carbocycles. The Kier molecular flexibility index (Phi) is 4.02. The van der Waals surface area contributed by atoms with E-state index in [1.807, 2.05) is 20.8 Å². The number of hydrazine groups is 1. The standard InChI is InChI=1S/C10H18N6O2/c1-6-7(16(17)18)8(12-5-10(2,3)4)14-9(13-6)15-11/h5,11H2,1-4H3,(H2,12,13,14,15). The van der Waals surface area contributed by atoms with E-state index in [0.29, 0.717) is 6.54 Å². The molecule has 8 heteroatoms. The maximum atomic E-state index is 11.0. The molecular weight excluding hydrogens is 236 g/mol. The van der Waals surface area contributed by atoms with Crippen molar-refractivity contribution in [3.05, 3.63) is 15.8 Å². The fourth-order valence-electron chi connectivity index (χ4n) is 1.32. The van der Waals surface area contributed by atoms with Gasteiger partial charge in [-0.3, -0.25) is 15.5 Å². The minimum absolute atomic E-state index is 0.0248. The molecule has 0 amide bonds. The minimum Gasteiger partial charge on any atom is -0.364 e. The molecule has 0 saturated heterocycles. The van der Waals surface area contributed by atoms with E-state index in [9.17, 15) is 10.1 Å². The van der Waals surface area contributed by atoms with Crippen molar-refractivity contribution in [3.63, 3.8) is 0 Å². The molecule has 4 N–H and O–H groups in total. The number of rotatable bonds is 4. The monoisotopic (exact) mass is 254 g/mol. The largest absolute Gasteiger partial charge is 0.364 e. The molecule has 0 unspecified atom stereocenters. The summed E-state index contributed by atoms with van der Waals surface area (Å²) in [4.78, 5) is 18.4. The zero-order chi connectivity index (χ0) is 13.9. The molecular formula is C10H18N6O2. The summed E-state index contributed by atoms with van der Waals surface area (Å²) in [6.45, 7) is 8.14. The lowest BCUT2D eigenvalue weighted by molar-refractivity contribution is -0.385. The molecule has 0 aliphatic rings. The highest BCUT2D eigenvalue weighted by Gasteiger charge is 2.23. The molecule has 1 aromatic heterocycles. The summed E-state index contributed by atoms with van der Waals surface area (Å²) in [5, 5.41) is 14.0. The predicted molar refractivity (Wildman–Crippen MR) is 69.2 cm³/mol. The maximum Gasteiger partial charge on any atom is 0.332 e. The number of aromatic nitrogens is 2. The van der Waals surface area contributed by atoms with Crippen LogP contribution in [-0.2, 0) is 0 Å². The number of hydrogen-bond acceptors (Lipinski definition) is 7. The second kappa shape index (κ2) is 5.13. The lowest BCUT2D eigenvalue weighted by Crippen LogP contribution is -2.21. The van der Waals surface area contributed by atoms with Crippen molar-refractivity contribution in [2.45, 2.75) is 27.7 Å². The SMILES string of the molecule is Cc1nc(NN)nc(NCC(C)(C)C)c1[N+](=O)[O-]. The van der Waals surface area contributed by atoms with Crippen LogP contribution in [0.25, 0.3) is 0 Å². The number of nitrogen functional groups attached to an aromatic ring is 1. The quantitative estimate of drug-likeness (QED) is 0.422. The first-order valence-electron chi connectivity index (χ1n) is 5.48. The molecule has 1 aromatic rings. The van der Waals surface area contributed by atoms with Crippen LogP contribution in [0, 0.1) is 22.5 Å². The second-order valence-electron chi connectivity index (χ2n) is 5.15. The van der Waals surface area contributed by atoms with Crippen molar-refractivity contribution >= 4 is 17.5 Å². The van der Waals surface area contributed by atoms with E-state index in [-0.39, 0.29) is 28.6 Å². The van der Waals surface area contributed by atoms with Gasteiger partial charge in [0, 0.05) is 6.54 Å². The van der Waals surface area contributed by atoms with Gasteiger partial charge in [0.1, 0.15) is 5.69 Å². The normalized spacial score (nSPS) is 11.2. The molecule has 0 fully saturated rings. The summed E-state index contributed by atoms with van der Waals surface area (Å²) in [6, 6.07) is 0. The number of hydrogen-bond donors (Lipinski definition) is 3. The molecule has 1 heterocycles. The van der Waals surface area contributed by atoms with E-state index < -0.39 is 4.92 Å². The predicted octanol–water partition coefficient (Wildman–Crippen LogP) is 1.44. The van der Waals surface area contributed by atoms with Gasteiger partial charge in [-0.2, -0.15) is 4.98 Å². The molecule has 0 aliphatic heterocycles. The lowest BCUT2D eigenvalue weighted by atomic mass is 9.97. The molecule has 0 radical (unpaired) electrons. The van der Waals surface area contributed by atoms with Crippen molar-refractivity contribution in [1.29, 1.82) is 0 Å². The molecule has 1 rings (SSSR count). The van der Waals surface area contributed by atoms with Crippen LogP contribution in [0.4, 0.5) is 17.5 Å². The first-order valence-corrected chi connectivity index (χ1v) is 5.48. The van der Waals surface area contributed by atoms with Crippen LogP contribution in [-0.4, -0.2) is 21.4 Å². The number of nitrogens with one attached hydrogen (secondary N) is 2. The summed E-state index contributed by atoms with van der Waals surface area (Å²) >= 11 is 0. The number of nitro groups is 1. The average molecular weight is 254 g/mol. The highest BCUT2D eigenvalue weighted by molar-refractivity contribution is 5.60. The molecule has 0 aliphatic carbocycles. The van der Waals surface area contributed by atoms with Crippen molar-refractivity contribution in [3.8, 4) is 0 Å². The minimum atomic E-state index is -0.499. The third-order valence-corrected chi connectivity index (χ3v) is 2.16. The highest BCUT2D eigenvalue weighted by Crippen LogP contribution is 2.27.